The lowest BCUT2D eigenvalue weighted by molar-refractivity contribution is 0.00602. The molecule has 1 aliphatic rings. The summed E-state index contributed by atoms with van der Waals surface area (Å²) in [5, 5.41) is 3.28. The van der Waals surface area contributed by atoms with Gasteiger partial charge in [-0.2, -0.15) is 0 Å². The first kappa shape index (κ1) is 9.62. The molecule has 1 aromatic rings. The molecular formula is C11H16N2O. The van der Waals surface area contributed by atoms with E-state index >= 15 is 0 Å². The van der Waals surface area contributed by atoms with Gasteiger partial charge in [0.05, 0.1) is 17.9 Å². The van der Waals surface area contributed by atoms with E-state index in [1.807, 2.05) is 24.4 Å². The molecule has 2 atom stereocenters. The van der Waals surface area contributed by atoms with Gasteiger partial charge >= 0.3 is 0 Å². The topological polar surface area (TPSA) is 34.1 Å². The number of hydrogen-bond donors (Lipinski definition) is 1. The van der Waals surface area contributed by atoms with E-state index in [1.165, 1.54) is 0 Å². The minimum absolute atomic E-state index is 0.0982. The van der Waals surface area contributed by atoms with Crippen LogP contribution in [0.25, 0.3) is 0 Å². The molecule has 2 heterocycles. The van der Waals surface area contributed by atoms with Crippen LogP contribution in [0.1, 0.15) is 25.1 Å². The Hall–Kier alpha value is -0.930. The first-order valence-electron chi connectivity index (χ1n) is 5.13. The van der Waals surface area contributed by atoms with E-state index in [1.54, 1.807) is 0 Å². The molecule has 1 aromatic heterocycles. The minimum atomic E-state index is 0.0982. The van der Waals surface area contributed by atoms with Crippen molar-refractivity contribution in [2.45, 2.75) is 25.6 Å². The van der Waals surface area contributed by atoms with Crippen molar-refractivity contribution in [3.63, 3.8) is 0 Å². The summed E-state index contributed by atoms with van der Waals surface area (Å²) in [5.41, 5.74) is 1.01. The molecule has 3 nitrogen and oxygen atoms in total. The highest BCUT2D eigenvalue weighted by Crippen LogP contribution is 2.18. The van der Waals surface area contributed by atoms with Gasteiger partial charge in [-0.3, -0.25) is 4.98 Å². The monoisotopic (exact) mass is 192 g/mol. The van der Waals surface area contributed by atoms with Gasteiger partial charge in [0, 0.05) is 12.7 Å². The largest absolute Gasteiger partial charge is 0.368 e. The third-order valence-corrected chi connectivity index (χ3v) is 2.52. The second-order valence-electron chi connectivity index (χ2n) is 3.65. The maximum Gasteiger partial charge on any atom is 0.0970 e. The molecule has 14 heavy (non-hydrogen) atoms. The van der Waals surface area contributed by atoms with E-state index in [-0.39, 0.29) is 6.10 Å². The SMILES string of the molecule is C[C@@H](O[C@H]1CCNC1)c1ccccn1. The predicted molar refractivity (Wildman–Crippen MR) is 55.0 cm³/mol. The molecular weight excluding hydrogens is 176 g/mol. The molecule has 3 heteroatoms. The van der Waals surface area contributed by atoms with Gasteiger partial charge in [0.15, 0.2) is 0 Å². The average Bonchev–Trinajstić information content (AvgIpc) is 2.72. The van der Waals surface area contributed by atoms with Crippen molar-refractivity contribution in [1.82, 2.24) is 10.3 Å². The number of aromatic nitrogens is 1. The third-order valence-electron chi connectivity index (χ3n) is 2.52. The van der Waals surface area contributed by atoms with Crippen molar-refractivity contribution in [1.29, 1.82) is 0 Å². The Bertz CT molecular complexity index is 270. The van der Waals surface area contributed by atoms with Gasteiger partial charge in [0.2, 0.25) is 0 Å². The fourth-order valence-electron chi connectivity index (χ4n) is 1.72. The van der Waals surface area contributed by atoms with Gasteiger partial charge in [-0.25, -0.2) is 0 Å². The van der Waals surface area contributed by atoms with E-state index in [0.29, 0.717) is 6.10 Å². The lowest BCUT2D eigenvalue weighted by Gasteiger charge is -2.17. The maximum atomic E-state index is 5.87. The summed E-state index contributed by atoms with van der Waals surface area (Å²) in [4.78, 5) is 4.28. The van der Waals surface area contributed by atoms with Crippen molar-refractivity contribution in [2.75, 3.05) is 13.1 Å². The normalized spacial score (nSPS) is 23.6. The molecule has 1 aliphatic heterocycles. The Balaban J connectivity index is 1.92. The molecule has 1 N–H and O–H groups in total. The van der Waals surface area contributed by atoms with Crippen LogP contribution < -0.4 is 5.32 Å². The highest BCUT2D eigenvalue weighted by atomic mass is 16.5. The quantitative estimate of drug-likeness (QED) is 0.788. The van der Waals surface area contributed by atoms with Crippen LogP contribution in [0, 0.1) is 0 Å². The Morgan fingerprint density at radius 3 is 3.14 bits per heavy atom. The Morgan fingerprint density at radius 1 is 1.57 bits per heavy atom. The zero-order valence-corrected chi connectivity index (χ0v) is 8.44. The van der Waals surface area contributed by atoms with E-state index in [4.69, 9.17) is 4.74 Å². The summed E-state index contributed by atoms with van der Waals surface area (Å²) in [6, 6.07) is 5.93. The number of nitrogens with one attached hydrogen (secondary N) is 1. The van der Waals surface area contributed by atoms with Crippen LogP contribution in [-0.2, 0) is 4.74 Å². The summed E-state index contributed by atoms with van der Waals surface area (Å²) < 4.78 is 5.87. The minimum Gasteiger partial charge on any atom is -0.368 e. The number of rotatable bonds is 3. The fraction of sp³-hybridized carbons (Fsp3) is 0.545. The van der Waals surface area contributed by atoms with Crippen LogP contribution in [-0.4, -0.2) is 24.2 Å². The fourth-order valence-corrected chi connectivity index (χ4v) is 1.72. The van der Waals surface area contributed by atoms with Crippen LogP contribution in [0.15, 0.2) is 24.4 Å². The van der Waals surface area contributed by atoms with Crippen molar-refractivity contribution >= 4 is 0 Å². The summed E-state index contributed by atoms with van der Waals surface area (Å²) in [5.74, 6) is 0. The Morgan fingerprint density at radius 2 is 2.50 bits per heavy atom. The molecule has 0 aromatic carbocycles. The first-order chi connectivity index (χ1) is 6.86. The third kappa shape index (κ3) is 2.30. The smallest absolute Gasteiger partial charge is 0.0970 e. The van der Waals surface area contributed by atoms with E-state index in [2.05, 4.69) is 17.2 Å². The summed E-state index contributed by atoms with van der Waals surface area (Å²) in [6.07, 6.45) is 3.37. The van der Waals surface area contributed by atoms with Crippen molar-refractivity contribution < 1.29 is 4.74 Å². The zero-order valence-electron chi connectivity index (χ0n) is 8.44. The van der Waals surface area contributed by atoms with Crippen LogP contribution in [0.5, 0.6) is 0 Å². The van der Waals surface area contributed by atoms with Crippen LogP contribution >= 0.6 is 0 Å². The van der Waals surface area contributed by atoms with Gasteiger partial charge in [0.1, 0.15) is 0 Å². The van der Waals surface area contributed by atoms with Crippen molar-refractivity contribution in [3.05, 3.63) is 30.1 Å². The van der Waals surface area contributed by atoms with Gasteiger partial charge < -0.3 is 10.1 Å². The van der Waals surface area contributed by atoms with Gasteiger partial charge in [0.25, 0.3) is 0 Å². The molecule has 0 bridgehead atoms. The van der Waals surface area contributed by atoms with E-state index < -0.39 is 0 Å². The van der Waals surface area contributed by atoms with Gasteiger partial charge in [-0.05, 0) is 32.0 Å². The molecule has 0 radical (unpaired) electrons. The summed E-state index contributed by atoms with van der Waals surface area (Å²) >= 11 is 0. The molecule has 0 aliphatic carbocycles. The van der Waals surface area contributed by atoms with Crippen LogP contribution in [0.3, 0.4) is 0 Å². The molecule has 0 spiro atoms. The number of hydrogen-bond acceptors (Lipinski definition) is 3. The molecule has 1 fully saturated rings. The lowest BCUT2D eigenvalue weighted by atomic mass is 10.2. The van der Waals surface area contributed by atoms with E-state index in [0.717, 1.165) is 25.2 Å². The first-order valence-corrected chi connectivity index (χ1v) is 5.13. The average molecular weight is 192 g/mol. The second kappa shape index (κ2) is 4.53. The van der Waals surface area contributed by atoms with E-state index in [9.17, 15) is 0 Å². The van der Waals surface area contributed by atoms with Crippen molar-refractivity contribution in [3.8, 4) is 0 Å². The molecule has 0 saturated carbocycles. The number of ether oxygens (including phenoxy) is 1. The zero-order chi connectivity index (χ0) is 9.80. The molecule has 0 amide bonds. The highest BCUT2D eigenvalue weighted by Gasteiger charge is 2.18. The van der Waals surface area contributed by atoms with Crippen LogP contribution in [0.2, 0.25) is 0 Å². The standard InChI is InChI=1S/C11H16N2O/c1-9(11-4-2-3-6-13-11)14-10-5-7-12-8-10/h2-4,6,9-10,12H,5,7-8H2,1H3/t9-,10+/m1/s1. The Kier molecular flexibility index (Phi) is 3.11. The van der Waals surface area contributed by atoms with Gasteiger partial charge in [-0.1, -0.05) is 6.07 Å². The molecule has 1 saturated heterocycles. The lowest BCUT2D eigenvalue weighted by Crippen LogP contribution is -2.18. The number of nitrogens with zero attached hydrogens (tertiary/aromatic N) is 1. The van der Waals surface area contributed by atoms with Crippen LogP contribution in [0.4, 0.5) is 0 Å². The summed E-state index contributed by atoms with van der Waals surface area (Å²) in [6.45, 7) is 4.09. The Labute approximate surface area is 84.5 Å². The van der Waals surface area contributed by atoms with Crippen molar-refractivity contribution in [2.24, 2.45) is 0 Å². The predicted octanol–water partition coefficient (Wildman–Crippen LogP) is 1.52. The highest BCUT2D eigenvalue weighted by molar-refractivity contribution is 5.06. The second-order valence-corrected chi connectivity index (χ2v) is 3.65. The summed E-state index contributed by atoms with van der Waals surface area (Å²) in [7, 11) is 0. The maximum absolute atomic E-state index is 5.87. The molecule has 2 rings (SSSR count). The molecule has 0 unspecified atom stereocenters. The number of pyridine rings is 1. The van der Waals surface area contributed by atoms with Gasteiger partial charge in [-0.15, -0.1) is 0 Å². The molecule has 76 valence electrons.